The van der Waals surface area contributed by atoms with Gasteiger partial charge in [0, 0.05) is 16.3 Å². The molecule has 0 aliphatic carbocycles. The SMILES string of the molecule is Cc1sc(-c2ccco2)nc1C(=O)N1CCCSc2ccccc21. The number of amides is 1. The smallest absolute Gasteiger partial charge is 0.278 e. The number of para-hydroxylation sites is 1. The number of hydrogen-bond donors (Lipinski definition) is 0. The summed E-state index contributed by atoms with van der Waals surface area (Å²) in [6.07, 6.45) is 2.59. The van der Waals surface area contributed by atoms with Gasteiger partial charge in [0.1, 0.15) is 5.69 Å². The third kappa shape index (κ3) is 2.76. The molecule has 1 amide bonds. The Labute approximate surface area is 148 Å². The zero-order chi connectivity index (χ0) is 16.5. The van der Waals surface area contributed by atoms with E-state index in [0.29, 0.717) is 11.5 Å². The van der Waals surface area contributed by atoms with Crippen LogP contribution < -0.4 is 4.90 Å². The zero-order valence-electron chi connectivity index (χ0n) is 13.2. The minimum atomic E-state index is -0.0310. The van der Waals surface area contributed by atoms with Gasteiger partial charge in [-0.05, 0) is 43.4 Å². The van der Waals surface area contributed by atoms with Gasteiger partial charge in [0.05, 0.1) is 12.0 Å². The maximum Gasteiger partial charge on any atom is 0.278 e. The second kappa shape index (κ2) is 6.45. The van der Waals surface area contributed by atoms with E-state index in [1.165, 1.54) is 11.3 Å². The number of aromatic nitrogens is 1. The number of thiazole rings is 1. The van der Waals surface area contributed by atoms with Gasteiger partial charge >= 0.3 is 0 Å². The largest absolute Gasteiger partial charge is 0.462 e. The normalized spacial score (nSPS) is 14.3. The van der Waals surface area contributed by atoms with Gasteiger partial charge in [-0.25, -0.2) is 4.98 Å². The van der Waals surface area contributed by atoms with Crippen molar-refractivity contribution in [2.75, 3.05) is 17.2 Å². The number of thioether (sulfide) groups is 1. The van der Waals surface area contributed by atoms with Crippen LogP contribution in [0.15, 0.2) is 52.0 Å². The molecule has 2 aromatic heterocycles. The van der Waals surface area contributed by atoms with Crippen LogP contribution in [-0.4, -0.2) is 23.2 Å². The molecule has 0 bridgehead atoms. The molecular formula is C18H16N2O2S2. The Bertz CT molecular complexity index is 871. The van der Waals surface area contributed by atoms with Gasteiger partial charge in [-0.1, -0.05) is 12.1 Å². The molecule has 4 nitrogen and oxygen atoms in total. The summed E-state index contributed by atoms with van der Waals surface area (Å²) in [7, 11) is 0. The molecule has 0 fully saturated rings. The number of benzene rings is 1. The minimum absolute atomic E-state index is 0.0310. The zero-order valence-corrected chi connectivity index (χ0v) is 14.8. The molecule has 1 aromatic carbocycles. The highest BCUT2D eigenvalue weighted by molar-refractivity contribution is 7.99. The molecule has 3 aromatic rings. The summed E-state index contributed by atoms with van der Waals surface area (Å²) in [5.74, 6) is 1.69. The predicted molar refractivity (Wildman–Crippen MR) is 98.0 cm³/mol. The van der Waals surface area contributed by atoms with Crippen LogP contribution in [0.2, 0.25) is 0 Å². The lowest BCUT2D eigenvalue weighted by molar-refractivity contribution is 0.0982. The van der Waals surface area contributed by atoms with E-state index in [1.807, 2.05) is 42.2 Å². The van der Waals surface area contributed by atoms with Gasteiger partial charge < -0.3 is 9.32 Å². The van der Waals surface area contributed by atoms with Gasteiger partial charge in [0.15, 0.2) is 10.8 Å². The summed E-state index contributed by atoms with van der Waals surface area (Å²) >= 11 is 3.30. The summed E-state index contributed by atoms with van der Waals surface area (Å²) in [5, 5.41) is 0.748. The molecule has 6 heteroatoms. The van der Waals surface area contributed by atoms with Crippen molar-refractivity contribution in [3.05, 3.63) is 53.2 Å². The average molecular weight is 356 g/mol. The third-order valence-electron chi connectivity index (χ3n) is 3.92. The molecule has 24 heavy (non-hydrogen) atoms. The van der Waals surface area contributed by atoms with Gasteiger partial charge in [-0.3, -0.25) is 4.79 Å². The average Bonchev–Trinajstić information content (AvgIpc) is 3.19. The Hall–Kier alpha value is -2.05. The lowest BCUT2D eigenvalue weighted by Crippen LogP contribution is -2.32. The molecule has 0 saturated carbocycles. The van der Waals surface area contributed by atoms with Crippen molar-refractivity contribution in [2.45, 2.75) is 18.2 Å². The van der Waals surface area contributed by atoms with Crippen molar-refractivity contribution in [1.82, 2.24) is 4.98 Å². The van der Waals surface area contributed by atoms with Gasteiger partial charge in [-0.2, -0.15) is 0 Å². The standard InChI is InChI=1S/C18H16N2O2S2/c1-12-16(19-17(24-12)14-7-4-10-22-14)18(21)20-9-5-11-23-15-8-3-2-6-13(15)20/h2-4,6-8,10H,5,9,11H2,1H3. The Balaban J connectivity index is 1.72. The third-order valence-corrected chi connectivity index (χ3v) is 6.05. The molecule has 0 radical (unpaired) electrons. The van der Waals surface area contributed by atoms with Crippen LogP contribution in [0.25, 0.3) is 10.8 Å². The summed E-state index contributed by atoms with van der Waals surface area (Å²) in [6.45, 7) is 2.66. The first-order valence-electron chi connectivity index (χ1n) is 7.79. The van der Waals surface area contributed by atoms with Crippen LogP contribution >= 0.6 is 23.1 Å². The second-order valence-electron chi connectivity index (χ2n) is 5.53. The Morgan fingerprint density at radius 2 is 2.12 bits per heavy atom. The first-order chi connectivity index (χ1) is 11.7. The van der Waals surface area contributed by atoms with Crippen molar-refractivity contribution >= 4 is 34.7 Å². The predicted octanol–water partition coefficient (Wildman–Crippen LogP) is 4.85. The van der Waals surface area contributed by atoms with Gasteiger partial charge in [0.25, 0.3) is 5.91 Å². The fraction of sp³-hybridized carbons (Fsp3) is 0.222. The molecule has 0 atom stereocenters. The molecule has 0 saturated heterocycles. The Morgan fingerprint density at radius 1 is 1.25 bits per heavy atom. The summed E-state index contributed by atoms with van der Waals surface area (Å²) in [5.41, 5.74) is 1.50. The number of carbonyl (C=O) groups is 1. The first kappa shape index (κ1) is 15.5. The van der Waals surface area contributed by atoms with E-state index in [9.17, 15) is 4.79 Å². The molecule has 0 N–H and O–H groups in total. The van der Waals surface area contributed by atoms with Crippen molar-refractivity contribution in [3.63, 3.8) is 0 Å². The number of rotatable bonds is 2. The quantitative estimate of drug-likeness (QED) is 0.658. The molecule has 1 aliphatic rings. The van der Waals surface area contributed by atoms with Crippen LogP contribution in [0.5, 0.6) is 0 Å². The molecule has 1 aliphatic heterocycles. The van der Waals surface area contributed by atoms with Crippen molar-refractivity contribution in [1.29, 1.82) is 0 Å². The Morgan fingerprint density at radius 3 is 2.96 bits per heavy atom. The molecular weight excluding hydrogens is 340 g/mol. The van der Waals surface area contributed by atoms with E-state index in [-0.39, 0.29) is 5.91 Å². The fourth-order valence-corrected chi connectivity index (χ4v) is 4.63. The van der Waals surface area contributed by atoms with Crippen LogP contribution in [0.1, 0.15) is 21.8 Å². The fourth-order valence-electron chi connectivity index (χ4n) is 2.77. The number of aryl methyl sites for hydroxylation is 1. The maximum atomic E-state index is 13.1. The van der Waals surface area contributed by atoms with Crippen molar-refractivity contribution < 1.29 is 9.21 Å². The van der Waals surface area contributed by atoms with Crippen LogP contribution in [0, 0.1) is 6.92 Å². The van der Waals surface area contributed by atoms with E-state index in [0.717, 1.165) is 39.2 Å². The van der Waals surface area contributed by atoms with Crippen molar-refractivity contribution in [2.24, 2.45) is 0 Å². The molecule has 0 spiro atoms. The van der Waals surface area contributed by atoms with E-state index in [4.69, 9.17) is 4.42 Å². The minimum Gasteiger partial charge on any atom is -0.462 e. The highest BCUT2D eigenvalue weighted by Crippen LogP contribution is 2.35. The lowest BCUT2D eigenvalue weighted by atomic mass is 10.2. The summed E-state index contributed by atoms with van der Waals surface area (Å²) < 4.78 is 5.41. The number of anilines is 1. The monoisotopic (exact) mass is 356 g/mol. The van der Waals surface area contributed by atoms with Crippen LogP contribution in [0.4, 0.5) is 5.69 Å². The van der Waals surface area contributed by atoms with Crippen LogP contribution in [-0.2, 0) is 0 Å². The summed E-state index contributed by atoms with van der Waals surface area (Å²) in [4.78, 5) is 21.6. The molecule has 4 rings (SSSR count). The topological polar surface area (TPSA) is 46.3 Å². The molecule has 122 valence electrons. The highest BCUT2D eigenvalue weighted by atomic mass is 32.2. The molecule has 0 unspecified atom stereocenters. The summed E-state index contributed by atoms with van der Waals surface area (Å²) in [6, 6.07) is 11.8. The Kier molecular flexibility index (Phi) is 4.16. The van der Waals surface area contributed by atoms with Gasteiger partial charge in [0.2, 0.25) is 0 Å². The lowest BCUT2D eigenvalue weighted by Gasteiger charge is -2.21. The van der Waals surface area contributed by atoms with E-state index < -0.39 is 0 Å². The molecule has 3 heterocycles. The first-order valence-corrected chi connectivity index (χ1v) is 9.59. The second-order valence-corrected chi connectivity index (χ2v) is 7.87. The van der Waals surface area contributed by atoms with Crippen molar-refractivity contribution in [3.8, 4) is 10.8 Å². The number of hydrogen-bond acceptors (Lipinski definition) is 5. The van der Waals surface area contributed by atoms with E-state index >= 15 is 0 Å². The van der Waals surface area contributed by atoms with E-state index in [2.05, 4.69) is 11.1 Å². The number of furan rings is 1. The number of nitrogens with zero attached hydrogens (tertiary/aromatic N) is 2. The van der Waals surface area contributed by atoms with Gasteiger partial charge in [-0.15, -0.1) is 23.1 Å². The van der Waals surface area contributed by atoms with Crippen LogP contribution in [0.3, 0.4) is 0 Å². The van der Waals surface area contributed by atoms with E-state index in [1.54, 1.807) is 18.0 Å². The maximum absolute atomic E-state index is 13.1. The number of fused-ring (bicyclic) bond motifs is 1. The highest BCUT2D eigenvalue weighted by Gasteiger charge is 2.26. The number of carbonyl (C=O) groups excluding carboxylic acids is 1.